The number of pyridine rings is 1. The Labute approximate surface area is 801 Å². The van der Waals surface area contributed by atoms with Crippen LogP contribution in [0.25, 0.3) is 199 Å². The molecule has 0 saturated heterocycles. The maximum Gasteiger partial charge on any atom is 2.00 e. The van der Waals surface area contributed by atoms with Crippen molar-refractivity contribution in [2.45, 2.75) is 0 Å². The Kier molecular flexibility index (Phi) is 23.6. The summed E-state index contributed by atoms with van der Waals surface area (Å²) in [5.74, 6) is 3.05. The van der Waals surface area contributed by atoms with Crippen LogP contribution >= 0.6 is 9.03 Å². The molecule has 2 radical (unpaired) electrons. The summed E-state index contributed by atoms with van der Waals surface area (Å²) in [5.41, 5.74) is 21.0. The summed E-state index contributed by atoms with van der Waals surface area (Å²) in [6.45, 7) is 0. The van der Waals surface area contributed by atoms with Gasteiger partial charge in [0.05, 0.1) is 34.7 Å². The van der Waals surface area contributed by atoms with Crippen LogP contribution < -0.4 is 23.6 Å². The molecule has 8 bridgehead atoms. The predicted molar refractivity (Wildman–Crippen MR) is 558 cm³/mol. The fraction of sp³-hybridized carbons (Fsp3) is 0. The number of hydrogen-bond donors (Lipinski definition) is 1. The first-order chi connectivity index (χ1) is 66.8. The van der Waals surface area contributed by atoms with Crippen LogP contribution in [0.3, 0.4) is 0 Å². The van der Waals surface area contributed by atoms with Crippen LogP contribution in [0, 0.1) is 5.15 Å². The van der Waals surface area contributed by atoms with E-state index in [9.17, 15) is 0 Å². The van der Waals surface area contributed by atoms with Crippen LogP contribution in [0.4, 0.5) is 34.1 Å². The monoisotopic (exact) mass is 1810 g/mol. The van der Waals surface area contributed by atoms with Gasteiger partial charge in [0.15, 0.2) is 1.41 Å². The molecular formula is C119H79AlCuN12OP. The smallest absolute Gasteiger partial charge is 0.649 e. The zero-order valence-corrected chi connectivity index (χ0v) is 76.0. The van der Waals surface area contributed by atoms with Crippen LogP contribution in [0.2, 0.25) is 1.41 Å². The molecule has 2 aliphatic heterocycles. The summed E-state index contributed by atoms with van der Waals surface area (Å²) in [6.07, 6.45) is 1.77. The average Bonchev–Trinajstić information content (AvgIpc) is 0.929. The molecule has 0 fully saturated rings. The largest absolute Gasteiger partial charge is 2.00 e. The molecule has 1 N–H and O–H groups in total. The van der Waals surface area contributed by atoms with E-state index in [0.717, 1.165) is 94.6 Å². The summed E-state index contributed by atoms with van der Waals surface area (Å²) in [5, 5.41) is 22.4. The minimum atomic E-state index is 0. The van der Waals surface area contributed by atoms with E-state index in [1.807, 2.05) is 127 Å². The first kappa shape index (κ1) is 83.9. The molecule has 0 saturated carbocycles. The molecule has 0 amide bonds. The number of benzene rings is 20. The summed E-state index contributed by atoms with van der Waals surface area (Å²) >= 11 is 1.47. The van der Waals surface area contributed by atoms with Gasteiger partial charge in [-0.2, -0.15) is 0 Å². The van der Waals surface area contributed by atoms with Gasteiger partial charge in [0.1, 0.15) is 11.3 Å². The summed E-state index contributed by atoms with van der Waals surface area (Å²) in [4.78, 5) is 48.2. The number of rotatable bonds is 10. The van der Waals surface area contributed by atoms with Crippen LogP contribution in [0.1, 0.15) is 0 Å². The predicted octanol–water partition coefficient (Wildman–Crippen LogP) is 30.7. The first-order valence-corrected chi connectivity index (χ1v) is 45.3. The van der Waals surface area contributed by atoms with Gasteiger partial charge in [-0.1, -0.05) is 370 Å². The second-order valence-electron chi connectivity index (χ2n) is 32.5. The van der Waals surface area contributed by atoms with Crippen LogP contribution in [-0.4, -0.2) is 51.5 Å². The van der Waals surface area contributed by atoms with Gasteiger partial charge in [-0.25, -0.2) is 9.97 Å². The first-order valence-electron chi connectivity index (χ1n) is 44.7. The van der Waals surface area contributed by atoms with E-state index < -0.39 is 0 Å². The van der Waals surface area contributed by atoms with Gasteiger partial charge in [-0.15, -0.1) is 0 Å². The minimum Gasteiger partial charge on any atom is -0.649 e. The maximum atomic E-state index is 5.75. The molecule has 135 heavy (non-hydrogen) atoms. The molecule has 13 nitrogen and oxygen atoms in total. The standard InChI is InChI=1S/C44H32N2.C34H22.C32H16N8.C9H7NO.Al.Cu.H2NP.H/c1-3-17-37(18-4-1)45(43-23-11-15-35-13-7-9-21-41(35)43)39-29-25-33(26-30-39)34-27-31-40(32-28-34)46(38-19-5-2-6-20-38)44-24-12-16-36-14-8-10-22-42(36)44;1-3-11-25-21-27(19-17-23(25)9-1)33-29-13-5-7-15-31(29)34(32-16-8-6-14-30(32)33)28-20-18-24-10-2-4-12-26(24)22-28;1-2-10-18-17(9-1)25-33-26(18)38-28-21-13-5-6-14-22(21)30(35-28)40-32-24-16-8-7-15-23(24)31(36-32)39-29-20-12-4-3-11-19(20)27(34-29)37-25;11-8-5-1-3-7-4-2-6-10-9(7)8;;;1-2;/h1-32H;1-22H;1-16H;1-6,11H;;;1-2H;/q;;-2;;+1;+2;;/p-1/i/hD. The van der Waals surface area contributed by atoms with Gasteiger partial charge in [-0.3, -0.25) is 10.1 Å². The van der Waals surface area contributed by atoms with Crippen LogP contribution in [0.15, 0.2) is 461 Å². The van der Waals surface area contributed by atoms with Gasteiger partial charge in [0, 0.05) is 89.9 Å². The molecule has 26 rings (SSSR count). The number of para-hydroxylation sites is 3. The van der Waals surface area contributed by atoms with Crippen molar-refractivity contribution in [2.24, 2.45) is 0 Å². The van der Waals surface area contributed by atoms with Gasteiger partial charge in [0.2, 0.25) is 0 Å². The molecule has 6 heterocycles. The minimum absolute atomic E-state index is 0. The molecule has 0 atom stereocenters. The second-order valence-corrected chi connectivity index (χ2v) is 32.8. The van der Waals surface area contributed by atoms with E-state index in [1.54, 1.807) is 6.20 Å². The van der Waals surface area contributed by atoms with E-state index in [-0.39, 0.29) is 17.1 Å². The molecule has 0 spiro atoms. The number of nitrogens with zero attached hydrogens (tertiary/aromatic N) is 11. The Morgan fingerprint density at radius 2 is 0.541 bits per heavy atom. The van der Waals surface area contributed by atoms with Gasteiger partial charge in [-0.05, 0) is 203 Å². The fourth-order valence-electron chi connectivity index (χ4n) is 18.5. The normalized spacial score (nSPS) is 11.2. The molecule has 16 heteroatoms. The Balaban J connectivity index is 0.000000114. The molecular weight excluding hydrogens is 1730 g/mol. The number of nitrogens with one attached hydrogen (secondary N) is 1. The van der Waals surface area contributed by atoms with E-state index in [0.29, 0.717) is 45.9 Å². The summed E-state index contributed by atoms with van der Waals surface area (Å²) in [7, 11) is 2.48. The quantitative estimate of drug-likeness (QED) is 0.0786. The molecule has 4 aromatic heterocycles. The molecule has 0 unspecified atom stereocenters. The zero-order valence-electron chi connectivity index (χ0n) is 73.7. The molecule has 0 aliphatic carbocycles. The van der Waals surface area contributed by atoms with E-state index in [1.165, 1.54) is 115 Å². The molecule has 640 valence electrons. The van der Waals surface area contributed by atoms with E-state index in [4.69, 9.17) is 45.1 Å². The van der Waals surface area contributed by atoms with Crippen molar-refractivity contribution < 1.29 is 22.3 Å². The van der Waals surface area contributed by atoms with Crippen LogP contribution in [-0.2, 0) is 17.1 Å². The Bertz CT molecular complexity index is 8140. The van der Waals surface area contributed by atoms with Crippen molar-refractivity contribution in [3.05, 3.63) is 461 Å². The van der Waals surface area contributed by atoms with Gasteiger partial charge in [0.25, 0.3) is 0 Å². The van der Waals surface area contributed by atoms with E-state index in [2.05, 4.69) is 357 Å². The molecule has 2 aliphatic rings. The number of aromatic nitrogens is 9. The summed E-state index contributed by atoms with van der Waals surface area (Å²) in [6, 6.07) is 160. The summed E-state index contributed by atoms with van der Waals surface area (Å²) < 4.78 is 10.9. The third-order valence-electron chi connectivity index (χ3n) is 24.7. The topological polar surface area (TPSA) is 158 Å². The van der Waals surface area contributed by atoms with Crippen molar-refractivity contribution in [1.82, 2.24) is 44.9 Å². The maximum absolute atomic E-state index is 5.75. The Morgan fingerprint density at radius 1 is 0.259 bits per heavy atom. The van der Waals surface area contributed by atoms with Gasteiger partial charge < -0.3 is 43.5 Å². The average molecular weight is 1820 g/mol. The Hall–Kier alpha value is -16.7. The SMILES string of the molecule is [2H]N=P.[AlH][O]c1cccc2cccnc12.[Cu+2].c1ccc(N(c2ccc(-c3ccc(N(c4ccccc4)c4cccc5ccccc45)cc3)cc2)c2cccc3ccccc23)cc1.c1ccc2c(c1)-c1nc-2nc2[n-]c(nc3nc(nc4[n-]c(n1)c1ccccc41)-c1ccccc1-3)c1ccccc21.c1ccc2cc(-c3c4ccccc4c(-c4ccc5ccccc5c4)c4ccccc34)ccc2c1. The number of anilines is 6. The van der Waals surface area contributed by atoms with Crippen LogP contribution in [0.5, 0.6) is 5.75 Å². The number of hydrogen-bond acceptors (Lipinski definition) is 11. The van der Waals surface area contributed by atoms with Crippen molar-refractivity contribution in [2.75, 3.05) is 9.80 Å². The van der Waals surface area contributed by atoms with E-state index >= 15 is 0 Å². The molecule has 24 aromatic rings. The van der Waals surface area contributed by atoms with Crippen molar-refractivity contribution in [1.29, 1.82) is 5.15 Å². The third kappa shape index (κ3) is 16.6. The Morgan fingerprint density at radius 3 is 0.911 bits per heavy atom. The van der Waals surface area contributed by atoms with Crippen molar-refractivity contribution >= 4 is 179 Å². The fourth-order valence-corrected chi connectivity index (χ4v) is 18.7. The number of fused-ring (bicyclic) bond motifs is 27. The molecule has 20 aromatic carbocycles. The van der Waals surface area contributed by atoms with Crippen molar-refractivity contribution in [3.63, 3.8) is 0 Å². The zero-order chi connectivity index (χ0) is 90.5. The van der Waals surface area contributed by atoms with Gasteiger partial charge >= 0.3 is 33.7 Å². The second kappa shape index (κ2) is 38.0. The van der Waals surface area contributed by atoms with Crippen molar-refractivity contribution in [3.8, 4) is 84.7 Å². The third-order valence-corrected chi connectivity index (χ3v) is 25.0.